The van der Waals surface area contributed by atoms with E-state index in [-0.39, 0.29) is 0 Å². The number of carbonyl (C=O) groups excluding carboxylic acids is 1. The first-order chi connectivity index (χ1) is 6.84. The highest BCUT2D eigenvalue weighted by molar-refractivity contribution is 6.40. The number of carboxylic acids is 1. The molecule has 15 heavy (non-hydrogen) atoms. The van der Waals surface area contributed by atoms with Crippen LogP contribution in [0.4, 0.5) is 13.2 Å². The fourth-order valence-electron chi connectivity index (χ4n) is 1.04. The summed E-state index contributed by atoms with van der Waals surface area (Å²) in [5.74, 6) is -3.48. The van der Waals surface area contributed by atoms with E-state index >= 15 is 0 Å². The van der Waals surface area contributed by atoms with Gasteiger partial charge in [0.05, 0.1) is 5.56 Å². The van der Waals surface area contributed by atoms with E-state index in [4.69, 9.17) is 5.11 Å². The predicted octanol–water partition coefficient (Wildman–Crippen LogP) is 1.97. The average Bonchev–Trinajstić information content (AvgIpc) is 2.15. The maximum absolute atomic E-state index is 12.3. The molecule has 6 heteroatoms. The molecule has 1 N–H and O–H groups in total. The van der Waals surface area contributed by atoms with Crippen LogP contribution in [-0.4, -0.2) is 16.9 Å². The van der Waals surface area contributed by atoms with Crippen molar-refractivity contribution in [1.82, 2.24) is 0 Å². The van der Waals surface area contributed by atoms with Gasteiger partial charge >= 0.3 is 12.1 Å². The Bertz CT molecular complexity index is 409. The third kappa shape index (κ3) is 2.34. The largest absolute Gasteiger partial charge is 0.475 e. The van der Waals surface area contributed by atoms with Gasteiger partial charge in [-0.25, -0.2) is 4.79 Å². The van der Waals surface area contributed by atoms with Crippen LogP contribution in [0.25, 0.3) is 0 Å². The van der Waals surface area contributed by atoms with Crippen LogP contribution >= 0.6 is 0 Å². The number of aliphatic carboxylic acids is 1. The van der Waals surface area contributed by atoms with Crippen molar-refractivity contribution in [2.45, 2.75) is 6.18 Å². The van der Waals surface area contributed by atoms with E-state index in [1.54, 1.807) is 0 Å². The minimum Gasteiger partial charge on any atom is -0.475 e. The van der Waals surface area contributed by atoms with Gasteiger partial charge in [-0.05, 0) is 6.07 Å². The van der Waals surface area contributed by atoms with Crippen LogP contribution in [0.1, 0.15) is 15.9 Å². The lowest BCUT2D eigenvalue weighted by Gasteiger charge is -2.09. The molecule has 0 atom stereocenters. The van der Waals surface area contributed by atoms with Crippen molar-refractivity contribution in [3.8, 4) is 0 Å². The number of rotatable bonds is 2. The number of carbonyl (C=O) groups is 2. The summed E-state index contributed by atoms with van der Waals surface area (Å²) in [6, 6.07) is 3.75. The molecule has 1 aromatic rings. The first-order valence-corrected chi connectivity index (χ1v) is 3.78. The first kappa shape index (κ1) is 11.2. The van der Waals surface area contributed by atoms with E-state index < -0.39 is 29.1 Å². The van der Waals surface area contributed by atoms with Crippen molar-refractivity contribution in [1.29, 1.82) is 0 Å². The van der Waals surface area contributed by atoms with Crippen LogP contribution in [0.15, 0.2) is 24.3 Å². The van der Waals surface area contributed by atoms with Crippen LogP contribution in [0.5, 0.6) is 0 Å². The molecular weight excluding hydrogens is 213 g/mol. The second kappa shape index (κ2) is 3.72. The van der Waals surface area contributed by atoms with Crippen molar-refractivity contribution in [3.05, 3.63) is 35.4 Å². The van der Waals surface area contributed by atoms with E-state index in [0.29, 0.717) is 6.07 Å². The van der Waals surface area contributed by atoms with Crippen molar-refractivity contribution >= 4 is 11.8 Å². The van der Waals surface area contributed by atoms with Gasteiger partial charge < -0.3 is 5.11 Å². The fraction of sp³-hybridized carbons (Fsp3) is 0.111. The van der Waals surface area contributed by atoms with E-state index in [2.05, 4.69) is 0 Å². The average molecular weight is 218 g/mol. The lowest BCUT2D eigenvalue weighted by atomic mass is 10.0. The van der Waals surface area contributed by atoms with Crippen LogP contribution in [-0.2, 0) is 11.0 Å². The quantitative estimate of drug-likeness (QED) is 0.609. The van der Waals surface area contributed by atoms with Gasteiger partial charge in [0.15, 0.2) is 0 Å². The number of alkyl halides is 3. The highest BCUT2D eigenvalue weighted by atomic mass is 19.4. The smallest absolute Gasteiger partial charge is 0.417 e. The maximum Gasteiger partial charge on any atom is 0.417 e. The van der Waals surface area contributed by atoms with Crippen molar-refractivity contribution < 1.29 is 27.9 Å². The summed E-state index contributed by atoms with van der Waals surface area (Å²) in [5.41, 5.74) is -2.09. The second-order valence-electron chi connectivity index (χ2n) is 2.68. The van der Waals surface area contributed by atoms with E-state index in [1.807, 2.05) is 0 Å². The highest BCUT2D eigenvalue weighted by Gasteiger charge is 2.36. The molecule has 1 aromatic carbocycles. The molecule has 0 aliphatic rings. The third-order valence-corrected chi connectivity index (χ3v) is 1.67. The highest BCUT2D eigenvalue weighted by Crippen LogP contribution is 2.31. The zero-order valence-corrected chi connectivity index (χ0v) is 7.21. The molecule has 0 amide bonds. The molecule has 3 nitrogen and oxygen atoms in total. The topological polar surface area (TPSA) is 54.4 Å². The molecule has 0 saturated carbocycles. The number of benzene rings is 1. The summed E-state index contributed by atoms with van der Waals surface area (Å²) >= 11 is 0. The van der Waals surface area contributed by atoms with Crippen molar-refractivity contribution in [2.24, 2.45) is 0 Å². The Morgan fingerprint density at radius 2 is 1.67 bits per heavy atom. The molecule has 80 valence electrons. The monoisotopic (exact) mass is 218 g/mol. The number of halogens is 3. The van der Waals surface area contributed by atoms with Gasteiger partial charge in [0.25, 0.3) is 5.78 Å². The SMILES string of the molecule is O=C(O)C(=O)c1ccccc1C(F)(F)F. The molecule has 1 rings (SSSR count). The Balaban J connectivity index is 3.31. The summed E-state index contributed by atoms with van der Waals surface area (Å²) in [5, 5.41) is 8.31. The Morgan fingerprint density at radius 1 is 1.13 bits per heavy atom. The van der Waals surface area contributed by atoms with Crippen LogP contribution < -0.4 is 0 Å². The lowest BCUT2D eigenvalue weighted by molar-refractivity contribution is -0.138. The number of hydrogen-bond donors (Lipinski definition) is 1. The van der Waals surface area contributed by atoms with E-state index in [0.717, 1.165) is 12.1 Å². The number of carboxylic acid groups (broad SMARTS) is 1. The molecule has 0 aromatic heterocycles. The zero-order chi connectivity index (χ0) is 11.6. The Kier molecular flexibility index (Phi) is 2.78. The number of hydrogen-bond acceptors (Lipinski definition) is 2. The number of Topliss-reactive ketones (excluding diaryl/α,β-unsaturated/α-hetero) is 1. The van der Waals surface area contributed by atoms with Crippen LogP contribution in [0, 0.1) is 0 Å². The third-order valence-electron chi connectivity index (χ3n) is 1.67. The molecule has 0 heterocycles. The van der Waals surface area contributed by atoms with Gasteiger partial charge in [0.2, 0.25) is 0 Å². The molecule has 0 aliphatic carbocycles. The molecule has 0 spiro atoms. The molecule has 0 fully saturated rings. The predicted molar refractivity (Wildman–Crippen MR) is 43.4 cm³/mol. The minimum absolute atomic E-state index is 0.663. The zero-order valence-electron chi connectivity index (χ0n) is 7.21. The molecular formula is C9H5F3O3. The van der Waals surface area contributed by atoms with E-state index in [9.17, 15) is 22.8 Å². The van der Waals surface area contributed by atoms with Gasteiger partial charge in [-0.15, -0.1) is 0 Å². The van der Waals surface area contributed by atoms with Crippen molar-refractivity contribution in [3.63, 3.8) is 0 Å². The normalized spacial score (nSPS) is 11.1. The summed E-state index contributed by atoms with van der Waals surface area (Å²) in [6.45, 7) is 0. The summed E-state index contributed by atoms with van der Waals surface area (Å²) in [6.07, 6.45) is -4.73. The van der Waals surface area contributed by atoms with Gasteiger partial charge in [-0.2, -0.15) is 13.2 Å². The molecule has 0 saturated heterocycles. The van der Waals surface area contributed by atoms with Gasteiger partial charge in [-0.3, -0.25) is 4.79 Å². The second-order valence-corrected chi connectivity index (χ2v) is 2.68. The van der Waals surface area contributed by atoms with Crippen LogP contribution in [0.2, 0.25) is 0 Å². The standard InChI is InChI=1S/C9H5F3O3/c10-9(11,12)6-4-2-1-3-5(6)7(13)8(14)15/h1-4H,(H,14,15). The molecule has 0 radical (unpaired) electrons. The van der Waals surface area contributed by atoms with Crippen LogP contribution in [0.3, 0.4) is 0 Å². The Hall–Kier alpha value is -1.85. The molecule has 0 aliphatic heterocycles. The Labute approximate surface area is 82.1 Å². The first-order valence-electron chi connectivity index (χ1n) is 3.78. The van der Waals surface area contributed by atoms with Gasteiger partial charge in [0, 0.05) is 5.56 Å². The summed E-state index contributed by atoms with van der Waals surface area (Å²) in [4.78, 5) is 21.2. The molecule has 0 bridgehead atoms. The molecule has 0 unspecified atom stereocenters. The number of ketones is 1. The Morgan fingerprint density at radius 3 is 2.13 bits per heavy atom. The summed E-state index contributed by atoms with van der Waals surface area (Å²) < 4.78 is 37.0. The summed E-state index contributed by atoms with van der Waals surface area (Å²) in [7, 11) is 0. The lowest BCUT2D eigenvalue weighted by Crippen LogP contribution is -2.18. The fourth-order valence-corrected chi connectivity index (χ4v) is 1.04. The van der Waals surface area contributed by atoms with Crippen molar-refractivity contribution in [2.75, 3.05) is 0 Å². The maximum atomic E-state index is 12.3. The van der Waals surface area contributed by atoms with E-state index in [1.165, 1.54) is 6.07 Å². The van der Waals surface area contributed by atoms with Gasteiger partial charge in [-0.1, -0.05) is 18.2 Å². The van der Waals surface area contributed by atoms with Gasteiger partial charge in [0.1, 0.15) is 0 Å². The minimum atomic E-state index is -4.73.